The topological polar surface area (TPSA) is 182 Å². The normalized spacial score (nSPS) is 10.7. The highest BCUT2D eigenvalue weighted by atomic mass is 31.2. The maximum atomic E-state index is 11.0. The van der Waals surface area contributed by atoms with Gasteiger partial charge in [0.15, 0.2) is 0 Å². The number of ether oxygens (including phenoxy) is 1. The first-order chi connectivity index (χ1) is 9.03. The van der Waals surface area contributed by atoms with Gasteiger partial charge in [0, 0.05) is 6.42 Å². The van der Waals surface area contributed by atoms with Crippen molar-refractivity contribution in [1.82, 2.24) is 0 Å². The maximum Gasteiger partial charge on any atom is 0.470 e. The van der Waals surface area contributed by atoms with Gasteiger partial charge in [-0.25, -0.2) is 14.2 Å². The number of esters is 2. The zero-order valence-corrected chi connectivity index (χ0v) is 10.6. The molecule has 3 N–H and O–H groups in total. The maximum absolute atomic E-state index is 11.0. The van der Waals surface area contributed by atoms with Crippen LogP contribution in [-0.2, 0) is 37.8 Å². The van der Waals surface area contributed by atoms with Gasteiger partial charge in [-0.2, -0.15) is 0 Å². The Morgan fingerprint density at radius 1 is 0.950 bits per heavy atom. The van der Waals surface area contributed by atoms with E-state index in [1.165, 1.54) is 0 Å². The van der Waals surface area contributed by atoms with Crippen LogP contribution in [0, 0.1) is 0 Å². The summed E-state index contributed by atoms with van der Waals surface area (Å²) in [6.07, 6.45) is -1.47. The molecule has 0 aromatic carbocycles. The number of aliphatic carboxylic acids is 1. The van der Waals surface area contributed by atoms with E-state index in [-0.39, 0.29) is 0 Å². The fourth-order valence-corrected chi connectivity index (χ4v) is 1.02. The summed E-state index contributed by atoms with van der Waals surface area (Å²) in [6, 6.07) is 0. The Morgan fingerprint density at radius 2 is 1.50 bits per heavy atom. The molecule has 0 spiro atoms. The van der Waals surface area contributed by atoms with Crippen molar-refractivity contribution in [1.29, 1.82) is 0 Å². The smallest absolute Gasteiger partial charge is 0.470 e. The van der Waals surface area contributed by atoms with Gasteiger partial charge < -0.3 is 19.6 Å². The highest BCUT2D eigenvalue weighted by Crippen LogP contribution is 2.35. The first-order valence-corrected chi connectivity index (χ1v) is 6.30. The summed E-state index contributed by atoms with van der Waals surface area (Å²) >= 11 is 0. The third-order valence-electron chi connectivity index (χ3n) is 1.59. The van der Waals surface area contributed by atoms with Gasteiger partial charge in [0.25, 0.3) is 5.78 Å². The number of ketones is 2. The second-order valence-electron chi connectivity index (χ2n) is 3.18. The number of carbonyl (C=O) groups is 5. The average Bonchev–Trinajstić information content (AvgIpc) is 2.31. The van der Waals surface area contributed by atoms with E-state index in [9.17, 15) is 28.5 Å². The van der Waals surface area contributed by atoms with Crippen LogP contribution in [0.4, 0.5) is 0 Å². The molecule has 112 valence electrons. The molecule has 0 aliphatic carbocycles. The van der Waals surface area contributed by atoms with Crippen molar-refractivity contribution in [2.24, 2.45) is 0 Å². The zero-order chi connectivity index (χ0) is 15.9. The van der Waals surface area contributed by atoms with E-state index in [4.69, 9.17) is 14.9 Å². The van der Waals surface area contributed by atoms with Crippen molar-refractivity contribution in [3.05, 3.63) is 0 Å². The molecular weight excluding hydrogens is 303 g/mol. The zero-order valence-electron chi connectivity index (χ0n) is 9.68. The number of hydrogen-bond acceptors (Lipinski definition) is 8. The van der Waals surface area contributed by atoms with Crippen LogP contribution in [0.3, 0.4) is 0 Å². The molecule has 0 amide bonds. The van der Waals surface area contributed by atoms with Crippen LogP contribution >= 0.6 is 7.82 Å². The number of Topliss-reactive ketones (excluding diaryl/α,β-unsaturated/α-hetero) is 2. The van der Waals surface area contributed by atoms with Gasteiger partial charge in [-0.1, -0.05) is 0 Å². The minimum atomic E-state index is -4.95. The summed E-state index contributed by atoms with van der Waals surface area (Å²) in [4.78, 5) is 70.0. The monoisotopic (exact) mass is 312 g/mol. The van der Waals surface area contributed by atoms with E-state index in [0.29, 0.717) is 0 Å². The lowest BCUT2D eigenvalue weighted by atomic mass is 10.2. The number of phosphoric ester groups is 1. The molecule has 0 bridgehead atoms. The van der Waals surface area contributed by atoms with E-state index in [2.05, 4.69) is 9.26 Å². The molecule has 0 atom stereocenters. The second kappa shape index (κ2) is 7.60. The molecular formula is C8H9O11P. The number of hydrogen-bond donors (Lipinski definition) is 3. The van der Waals surface area contributed by atoms with Gasteiger partial charge in [0.2, 0.25) is 5.78 Å². The third kappa shape index (κ3) is 8.21. The van der Waals surface area contributed by atoms with E-state index in [1.807, 2.05) is 0 Å². The summed E-state index contributed by atoms with van der Waals surface area (Å²) in [7, 11) is -4.95. The van der Waals surface area contributed by atoms with Crippen molar-refractivity contribution < 1.29 is 52.7 Å². The first kappa shape index (κ1) is 18.1. The predicted molar refractivity (Wildman–Crippen MR) is 56.0 cm³/mol. The number of phosphoric acid groups is 1. The van der Waals surface area contributed by atoms with Crippen LogP contribution in [0.2, 0.25) is 0 Å². The van der Waals surface area contributed by atoms with E-state index < -0.39 is 56.7 Å². The standard InChI is InChI=1S/C8H9O11P/c9-4(7(12)13)1-2-6(11)19-8(14)5(10)3-18-20(15,16)17/h1-3H2,(H,12,13)(H2,15,16,17). The van der Waals surface area contributed by atoms with E-state index >= 15 is 0 Å². The number of carboxylic acid groups (broad SMARTS) is 1. The van der Waals surface area contributed by atoms with Crippen molar-refractivity contribution >= 4 is 37.3 Å². The van der Waals surface area contributed by atoms with Crippen molar-refractivity contribution in [2.75, 3.05) is 6.61 Å². The fraction of sp³-hybridized carbons (Fsp3) is 0.375. The lowest BCUT2D eigenvalue weighted by molar-refractivity contribution is -0.165. The van der Waals surface area contributed by atoms with Crippen LogP contribution in [0.1, 0.15) is 12.8 Å². The molecule has 0 unspecified atom stereocenters. The Hall–Kier alpha value is -1.94. The molecule has 0 heterocycles. The fourth-order valence-electron chi connectivity index (χ4n) is 0.736. The Labute approximate surface area is 110 Å². The van der Waals surface area contributed by atoms with E-state index in [0.717, 1.165) is 0 Å². The molecule has 11 nitrogen and oxygen atoms in total. The molecule has 0 saturated heterocycles. The summed E-state index contributed by atoms with van der Waals surface area (Å²) in [5.41, 5.74) is 0. The second-order valence-corrected chi connectivity index (χ2v) is 4.42. The summed E-state index contributed by atoms with van der Waals surface area (Å²) in [6.45, 7) is -1.30. The number of rotatable bonds is 8. The molecule has 0 rings (SSSR count). The summed E-state index contributed by atoms with van der Waals surface area (Å²) in [5.74, 6) is -7.67. The first-order valence-electron chi connectivity index (χ1n) is 4.77. The predicted octanol–water partition coefficient (Wildman–Crippen LogP) is -1.83. The van der Waals surface area contributed by atoms with Crippen LogP contribution in [-0.4, -0.2) is 51.0 Å². The van der Waals surface area contributed by atoms with Crippen molar-refractivity contribution in [3.63, 3.8) is 0 Å². The molecule has 12 heteroatoms. The molecule has 20 heavy (non-hydrogen) atoms. The van der Waals surface area contributed by atoms with Gasteiger partial charge in [0.05, 0.1) is 6.42 Å². The van der Waals surface area contributed by atoms with Crippen LogP contribution < -0.4 is 0 Å². The van der Waals surface area contributed by atoms with Crippen LogP contribution in [0.15, 0.2) is 0 Å². The van der Waals surface area contributed by atoms with Crippen LogP contribution in [0.25, 0.3) is 0 Å². The van der Waals surface area contributed by atoms with E-state index in [1.54, 1.807) is 0 Å². The van der Waals surface area contributed by atoms with Gasteiger partial charge in [0.1, 0.15) is 6.61 Å². The van der Waals surface area contributed by atoms with Gasteiger partial charge in [-0.15, -0.1) is 0 Å². The highest BCUT2D eigenvalue weighted by molar-refractivity contribution is 7.46. The SMILES string of the molecule is O=C(CCC(=O)C(=O)O)OC(=O)C(=O)COP(=O)(O)O. The molecule has 0 fully saturated rings. The van der Waals surface area contributed by atoms with Crippen molar-refractivity contribution in [3.8, 4) is 0 Å². The van der Waals surface area contributed by atoms with Gasteiger partial charge in [-0.3, -0.25) is 18.9 Å². The van der Waals surface area contributed by atoms with Crippen LogP contribution in [0.5, 0.6) is 0 Å². The number of carboxylic acids is 1. The lowest BCUT2D eigenvalue weighted by Gasteiger charge is -2.04. The Kier molecular flexibility index (Phi) is 6.86. The molecule has 0 saturated carbocycles. The minimum Gasteiger partial charge on any atom is -0.476 e. The minimum absolute atomic E-state index is 0.728. The molecule has 0 aromatic rings. The largest absolute Gasteiger partial charge is 0.476 e. The summed E-state index contributed by atoms with van der Waals surface area (Å²) < 4.78 is 17.8. The lowest BCUT2D eigenvalue weighted by Crippen LogP contribution is -2.25. The molecule has 0 aliphatic heterocycles. The van der Waals surface area contributed by atoms with Gasteiger partial charge >= 0.3 is 25.7 Å². The molecule has 0 aromatic heterocycles. The van der Waals surface area contributed by atoms with Crippen molar-refractivity contribution in [2.45, 2.75) is 12.8 Å². The Bertz CT molecular complexity index is 487. The molecule has 0 aliphatic rings. The average molecular weight is 312 g/mol. The Morgan fingerprint density at radius 3 is 1.95 bits per heavy atom. The number of carbonyl (C=O) groups excluding carboxylic acids is 4. The summed E-state index contributed by atoms with van der Waals surface area (Å²) in [5, 5.41) is 8.20. The quantitative estimate of drug-likeness (QED) is 0.198. The Balaban J connectivity index is 4.16. The third-order valence-corrected chi connectivity index (χ3v) is 2.06. The highest BCUT2D eigenvalue weighted by Gasteiger charge is 2.24. The molecule has 0 radical (unpaired) electrons. The van der Waals surface area contributed by atoms with Gasteiger partial charge in [-0.05, 0) is 0 Å².